The number of rotatable bonds is 0. The zero-order valence-corrected chi connectivity index (χ0v) is 9.30. The molecule has 0 aliphatic heterocycles. The lowest BCUT2D eigenvalue weighted by Crippen LogP contribution is -2.03. The van der Waals surface area contributed by atoms with Gasteiger partial charge in [-0.15, -0.1) is 0 Å². The smallest absolute Gasteiger partial charge is 0.351 e. The Hall–Kier alpha value is -0.550. The predicted molar refractivity (Wildman–Crippen MR) is 60.2 cm³/mol. The Balaban J connectivity index is 3.02. The number of hydrogen-bond donors (Lipinski definition) is 0. The van der Waals surface area contributed by atoms with Crippen LogP contribution in [0.1, 0.15) is 0 Å². The molecule has 1 aromatic heterocycles. The Morgan fingerprint density at radius 1 is 1.31 bits per heavy atom. The van der Waals surface area contributed by atoms with E-state index in [0.29, 0.717) is 14.2 Å². The highest BCUT2D eigenvalue weighted by Crippen LogP contribution is 2.25. The van der Waals surface area contributed by atoms with Crippen molar-refractivity contribution in [2.45, 2.75) is 0 Å². The molecule has 0 aliphatic rings. The van der Waals surface area contributed by atoms with Crippen LogP contribution in [-0.2, 0) is 0 Å². The van der Waals surface area contributed by atoms with Crippen LogP contribution in [0.3, 0.4) is 0 Å². The summed E-state index contributed by atoms with van der Waals surface area (Å²) in [5.41, 5.74) is 0.141. The molecule has 0 atom stereocenters. The summed E-state index contributed by atoms with van der Waals surface area (Å²) in [5.74, 6) is 0. The topological polar surface area (TPSA) is 30.2 Å². The minimum Gasteiger partial charge on any atom is -0.422 e. The molecule has 66 valence electrons. The van der Waals surface area contributed by atoms with Crippen molar-refractivity contribution in [1.82, 2.24) is 0 Å². The largest absolute Gasteiger partial charge is 0.422 e. The van der Waals surface area contributed by atoms with Crippen molar-refractivity contribution in [3.63, 3.8) is 0 Å². The monoisotopic (exact) mass is 306 g/mol. The molecule has 1 aromatic carbocycles. The highest BCUT2D eigenvalue weighted by atomic mass is 127. The minimum atomic E-state index is -0.385. The third-order valence-corrected chi connectivity index (χ3v) is 3.39. The van der Waals surface area contributed by atoms with Crippen molar-refractivity contribution in [1.29, 1.82) is 0 Å². The maximum absolute atomic E-state index is 11.2. The fourth-order valence-electron chi connectivity index (χ4n) is 1.09. The number of halogens is 2. The molecular weight excluding hydrogens is 302 g/mol. The van der Waals surface area contributed by atoms with Crippen LogP contribution in [0.15, 0.2) is 33.5 Å². The fourth-order valence-corrected chi connectivity index (χ4v) is 1.72. The van der Waals surface area contributed by atoms with Gasteiger partial charge in [0.1, 0.15) is 9.15 Å². The summed E-state index contributed by atoms with van der Waals surface area (Å²) in [5, 5.41) is 1.24. The second-order valence-corrected chi connectivity index (χ2v) is 3.97. The standard InChI is InChI=1S/C9H4ClIO2/c10-7-5-3-1-2-4-6(5)13-9(12)8(7)11/h1-4H. The van der Waals surface area contributed by atoms with Gasteiger partial charge in [0.2, 0.25) is 0 Å². The SMILES string of the molecule is O=c1oc2ccccc2c(Cl)c1I. The van der Waals surface area contributed by atoms with E-state index in [1.807, 2.05) is 34.7 Å². The van der Waals surface area contributed by atoms with E-state index < -0.39 is 0 Å². The Kier molecular flexibility index (Phi) is 2.29. The fraction of sp³-hybridized carbons (Fsp3) is 0. The summed E-state index contributed by atoms with van der Waals surface area (Å²) < 4.78 is 5.45. The summed E-state index contributed by atoms with van der Waals surface area (Å²) >= 11 is 7.84. The first kappa shape index (κ1) is 9.02. The zero-order chi connectivity index (χ0) is 9.42. The molecule has 2 rings (SSSR count). The molecule has 0 amide bonds. The van der Waals surface area contributed by atoms with Crippen molar-refractivity contribution >= 4 is 45.2 Å². The van der Waals surface area contributed by atoms with E-state index in [2.05, 4.69) is 0 Å². The van der Waals surface area contributed by atoms with Crippen LogP contribution >= 0.6 is 34.2 Å². The van der Waals surface area contributed by atoms with Crippen LogP contribution in [0.2, 0.25) is 5.02 Å². The van der Waals surface area contributed by atoms with E-state index in [9.17, 15) is 4.79 Å². The van der Waals surface area contributed by atoms with Gasteiger partial charge in [-0.05, 0) is 34.7 Å². The minimum absolute atomic E-state index is 0.385. The van der Waals surface area contributed by atoms with Gasteiger partial charge in [-0.25, -0.2) is 4.79 Å². The summed E-state index contributed by atoms with van der Waals surface area (Å²) in [4.78, 5) is 11.2. The van der Waals surface area contributed by atoms with Crippen LogP contribution in [0.5, 0.6) is 0 Å². The van der Waals surface area contributed by atoms with Crippen LogP contribution in [0.25, 0.3) is 11.0 Å². The average molecular weight is 306 g/mol. The van der Waals surface area contributed by atoms with E-state index in [4.69, 9.17) is 16.0 Å². The number of para-hydroxylation sites is 1. The van der Waals surface area contributed by atoms with Crippen molar-refractivity contribution in [3.8, 4) is 0 Å². The molecule has 0 fully saturated rings. The van der Waals surface area contributed by atoms with Crippen molar-refractivity contribution in [3.05, 3.63) is 43.3 Å². The van der Waals surface area contributed by atoms with Crippen molar-refractivity contribution < 1.29 is 4.42 Å². The lowest BCUT2D eigenvalue weighted by molar-refractivity contribution is 0.556. The second-order valence-electron chi connectivity index (χ2n) is 2.51. The molecule has 0 radical (unpaired) electrons. The lowest BCUT2D eigenvalue weighted by atomic mass is 10.2. The molecule has 0 bridgehead atoms. The first-order chi connectivity index (χ1) is 6.20. The highest BCUT2D eigenvalue weighted by Gasteiger charge is 2.08. The number of hydrogen-bond acceptors (Lipinski definition) is 2. The maximum Gasteiger partial charge on any atom is 0.351 e. The van der Waals surface area contributed by atoms with Crippen LogP contribution < -0.4 is 5.63 Å². The molecule has 0 N–H and O–H groups in total. The van der Waals surface area contributed by atoms with Crippen molar-refractivity contribution in [2.75, 3.05) is 0 Å². The Morgan fingerprint density at radius 3 is 2.77 bits per heavy atom. The van der Waals surface area contributed by atoms with Gasteiger partial charge < -0.3 is 4.42 Å². The Bertz CT molecular complexity index is 518. The Morgan fingerprint density at radius 2 is 2.00 bits per heavy atom. The molecule has 0 aliphatic carbocycles. The van der Waals surface area contributed by atoms with E-state index in [1.54, 1.807) is 12.1 Å². The molecular formula is C9H4ClIO2. The normalized spacial score (nSPS) is 10.6. The second kappa shape index (κ2) is 3.31. The van der Waals surface area contributed by atoms with Gasteiger partial charge in [0.15, 0.2) is 0 Å². The summed E-state index contributed by atoms with van der Waals surface area (Å²) in [6, 6.07) is 7.19. The van der Waals surface area contributed by atoms with E-state index in [-0.39, 0.29) is 5.63 Å². The predicted octanol–water partition coefficient (Wildman–Crippen LogP) is 3.05. The highest BCUT2D eigenvalue weighted by molar-refractivity contribution is 14.1. The molecule has 0 unspecified atom stereocenters. The summed E-state index contributed by atoms with van der Waals surface area (Å²) in [7, 11) is 0. The molecule has 0 spiro atoms. The van der Waals surface area contributed by atoms with Crippen LogP contribution in [0, 0.1) is 3.57 Å². The molecule has 2 aromatic rings. The number of fused-ring (bicyclic) bond motifs is 1. The average Bonchev–Trinajstić information content (AvgIpc) is 2.15. The van der Waals surface area contributed by atoms with Gasteiger partial charge in [-0.2, -0.15) is 0 Å². The van der Waals surface area contributed by atoms with Crippen molar-refractivity contribution in [2.24, 2.45) is 0 Å². The summed E-state index contributed by atoms with van der Waals surface area (Å²) in [6.45, 7) is 0. The quantitative estimate of drug-likeness (QED) is 0.553. The third kappa shape index (κ3) is 1.46. The Labute approximate surface area is 92.6 Å². The molecule has 1 heterocycles. The first-order valence-corrected chi connectivity index (χ1v) is 5.02. The molecule has 4 heteroatoms. The van der Waals surface area contributed by atoms with Gasteiger partial charge in [0.05, 0.1) is 5.02 Å². The number of benzene rings is 1. The van der Waals surface area contributed by atoms with Gasteiger partial charge in [-0.3, -0.25) is 0 Å². The molecule has 0 saturated heterocycles. The zero-order valence-electron chi connectivity index (χ0n) is 6.38. The molecule has 13 heavy (non-hydrogen) atoms. The van der Waals surface area contributed by atoms with Gasteiger partial charge in [0.25, 0.3) is 0 Å². The lowest BCUT2D eigenvalue weighted by Gasteiger charge is -1.99. The summed E-state index contributed by atoms with van der Waals surface area (Å²) in [6.07, 6.45) is 0. The molecule has 0 saturated carbocycles. The van der Waals surface area contributed by atoms with E-state index in [0.717, 1.165) is 5.39 Å². The maximum atomic E-state index is 11.2. The van der Waals surface area contributed by atoms with Crippen LogP contribution in [0.4, 0.5) is 0 Å². The van der Waals surface area contributed by atoms with Gasteiger partial charge in [-0.1, -0.05) is 23.7 Å². The third-order valence-electron chi connectivity index (χ3n) is 1.70. The van der Waals surface area contributed by atoms with Gasteiger partial charge >= 0.3 is 5.63 Å². The van der Waals surface area contributed by atoms with E-state index >= 15 is 0 Å². The van der Waals surface area contributed by atoms with Crippen LogP contribution in [-0.4, -0.2) is 0 Å². The first-order valence-electron chi connectivity index (χ1n) is 3.57. The van der Waals surface area contributed by atoms with E-state index in [1.165, 1.54) is 0 Å². The van der Waals surface area contributed by atoms with Gasteiger partial charge in [0, 0.05) is 5.39 Å². The molecule has 2 nitrogen and oxygen atoms in total.